The molecule has 3 rings (SSSR count). The number of hydrogen-bond acceptors (Lipinski definition) is 5. The highest BCUT2D eigenvalue weighted by Gasteiger charge is 2.16. The maximum absolute atomic E-state index is 11.2. The van der Waals surface area contributed by atoms with Crippen LogP contribution in [-0.2, 0) is 6.61 Å². The van der Waals surface area contributed by atoms with Crippen LogP contribution >= 0.6 is 0 Å². The van der Waals surface area contributed by atoms with Gasteiger partial charge in [0, 0.05) is 11.5 Å². The van der Waals surface area contributed by atoms with Crippen LogP contribution in [0.4, 0.5) is 5.69 Å². The number of nitrogens with zero attached hydrogens (tertiary/aromatic N) is 2. The van der Waals surface area contributed by atoms with Crippen LogP contribution in [0, 0.1) is 10.1 Å². The largest absolute Gasteiger partial charge is 0.496 e. The summed E-state index contributed by atoms with van der Waals surface area (Å²) >= 11 is 0. The smallest absolute Gasteiger partial charge is 0.299 e. The number of benzene rings is 2. The first-order valence-corrected chi connectivity index (χ1v) is 6.97. The van der Waals surface area contributed by atoms with Crippen molar-refractivity contribution >= 4 is 16.6 Å². The molecule has 0 saturated carbocycles. The van der Waals surface area contributed by atoms with Crippen molar-refractivity contribution in [2.45, 2.75) is 6.61 Å². The van der Waals surface area contributed by atoms with Gasteiger partial charge >= 0.3 is 0 Å². The molecule has 0 saturated heterocycles. The first-order valence-electron chi connectivity index (χ1n) is 6.97. The Morgan fingerprint density at radius 1 is 1.13 bits per heavy atom. The summed E-state index contributed by atoms with van der Waals surface area (Å²) in [6, 6.07) is 16.1. The van der Waals surface area contributed by atoms with Crippen LogP contribution in [0.2, 0.25) is 0 Å². The molecule has 0 aliphatic carbocycles. The van der Waals surface area contributed by atoms with Gasteiger partial charge in [-0.05, 0) is 17.7 Å². The predicted molar refractivity (Wildman–Crippen MR) is 85.7 cm³/mol. The number of rotatable bonds is 5. The van der Waals surface area contributed by atoms with Crippen molar-refractivity contribution < 1.29 is 14.4 Å². The van der Waals surface area contributed by atoms with E-state index in [0.29, 0.717) is 23.6 Å². The fraction of sp³-hybridized carbons (Fsp3) is 0.118. The second kappa shape index (κ2) is 6.31. The normalized spacial score (nSPS) is 10.5. The number of methoxy groups -OCH3 is 1. The van der Waals surface area contributed by atoms with Gasteiger partial charge in [-0.15, -0.1) is 0 Å². The Balaban J connectivity index is 1.94. The minimum Gasteiger partial charge on any atom is -0.496 e. The van der Waals surface area contributed by atoms with Gasteiger partial charge in [-0.1, -0.05) is 30.3 Å². The first-order chi connectivity index (χ1) is 11.2. The molecule has 0 radical (unpaired) electrons. The SMILES string of the molecule is COc1cc([N+](=O)[O-])c2nc(OCc3ccccc3)ccc2c1. The van der Waals surface area contributed by atoms with Crippen molar-refractivity contribution in [3.8, 4) is 11.6 Å². The summed E-state index contributed by atoms with van der Waals surface area (Å²) in [5.74, 6) is 0.763. The third kappa shape index (κ3) is 3.21. The fourth-order valence-electron chi connectivity index (χ4n) is 2.24. The molecule has 2 aromatic carbocycles. The van der Waals surface area contributed by atoms with Crippen molar-refractivity contribution in [1.82, 2.24) is 4.98 Å². The molecule has 0 aliphatic heterocycles. The number of fused-ring (bicyclic) bond motifs is 1. The Morgan fingerprint density at radius 3 is 2.61 bits per heavy atom. The lowest BCUT2D eigenvalue weighted by molar-refractivity contribution is -0.383. The number of ether oxygens (including phenoxy) is 2. The van der Waals surface area contributed by atoms with E-state index < -0.39 is 4.92 Å². The summed E-state index contributed by atoms with van der Waals surface area (Å²) in [6.07, 6.45) is 0. The van der Waals surface area contributed by atoms with Gasteiger partial charge in [-0.2, -0.15) is 0 Å². The highest BCUT2D eigenvalue weighted by molar-refractivity contribution is 5.89. The lowest BCUT2D eigenvalue weighted by atomic mass is 10.2. The minimum absolute atomic E-state index is 0.107. The van der Waals surface area contributed by atoms with Gasteiger partial charge in [0.25, 0.3) is 5.69 Å². The van der Waals surface area contributed by atoms with Crippen molar-refractivity contribution in [2.24, 2.45) is 0 Å². The van der Waals surface area contributed by atoms with Crippen LogP contribution < -0.4 is 9.47 Å². The van der Waals surface area contributed by atoms with E-state index in [0.717, 1.165) is 5.56 Å². The van der Waals surface area contributed by atoms with Gasteiger partial charge in [0.2, 0.25) is 5.88 Å². The summed E-state index contributed by atoms with van der Waals surface area (Å²) < 4.78 is 10.7. The van der Waals surface area contributed by atoms with E-state index >= 15 is 0 Å². The molecule has 23 heavy (non-hydrogen) atoms. The van der Waals surface area contributed by atoms with Gasteiger partial charge in [-0.25, -0.2) is 4.98 Å². The molecular weight excluding hydrogens is 296 g/mol. The molecule has 0 spiro atoms. The van der Waals surface area contributed by atoms with Crippen LogP contribution in [0.15, 0.2) is 54.6 Å². The Labute approximate surface area is 132 Å². The molecule has 1 heterocycles. The lowest BCUT2D eigenvalue weighted by Gasteiger charge is -2.08. The summed E-state index contributed by atoms with van der Waals surface area (Å²) in [6.45, 7) is 0.350. The number of nitro groups is 1. The van der Waals surface area contributed by atoms with E-state index in [-0.39, 0.29) is 11.2 Å². The van der Waals surface area contributed by atoms with E-state index in [4.69, 9.17) is 9.47 Å². The van der Waals surface area contributed by atoms with E-state index in [1.54, 1.807) is 18.2 Å². The van der Waals surface area contributed by atoms with E-state index in [2.05, 4.69) is 4.98 Å². The molecule has 0 fully saturated rings. The average Bonchev–Trinajstić information content (AvgIpc) is 2.59. The Morgan fingerprint density at radius 2 is 1.91 bits per heavy atom. The molecule has 0 amide bonds. The predicted octanol–water partition coefficient (Wildman–Crippen LogP) is 3.73. The number of nitro benzene ring substituents is 1. The third-order valence-corrected chi connectivity index (χ3v) is 3.38. The quantitative estimate of drug-likeness (QED) is 0.530. The van der Waals surface area contributed by atoms with Crippen molar-refractivity contribution in [3.05, 3.63) is 70.3 Å². The summed E-state index contributed by atoms with van der Waals surface area (Å²) in [5, 5.41) is 11.9. The topological polar surface area (TPSA) is 74.5 Å². The maximum Gasteiger partial charge on any atom is 0.299 e. The Kier molecular flexibility index (Phi) is 4.05. The van der Waals surface area contributed by atoms with Crippen molar-refractivity contribution in [1.29, 1.82) is 0 Å². The number of pyridine rings is 1. The fourth-order valence-corrected chi connectivity index (χ4v) is 2.24. The number of aromatic nitrogens is 1. The molecule has 3 aromatic rings. The number of non-ortho nitro benzene ring substituents is 1. The molecule has 0 aliphatic rings. The van der Waals surface area contributed by atoms with Crippen LogP contribution in [0.5, 0.6) is 11.6 Å². The molecule has 0 N–H and O–H groups in total. The minimum atomic E-state index is -0.473. The second-order valence-corrected chi connectivity index (χ2v) is 4.90. The van der Waals surface area contributed by atoms with Crippen molar-refractivity contribution in [2.75, 3.05) is 7.11 Å². The summed E-state index contributed by atoms with van der Waals surface area (Å²) in [7, 11) is 1.47. The monoisotopic (exact) mass is 310 g/mol. The Hall–Kier alpha value is -3.15. The van der Waals surface area contributed by atoms with Crippen LogP contribution in [0.25, 0.3) is 10.9 Å². The maximum atomic E-state index is 11.2. The molecule has 1 aromatic heterocycles. The average molecular weight is 310 g/mol. The van der Waals surface area contributed by atoms with Gasteiger partial charge in [0.15, 0.2) is 5.52 Å². The molecule has 6 heteroatoms. The zero-order valence-electron chi connectivity index (χ0n) is 12.4. The summed E-state index contributed by atoms with van der Waals surface area (Å²) in [5.41, 5.74) is 1.17. The summed E-state index contributed by atoms with van der Waals surface area (Å²) in [4.78, 5) is 15.0. The van der Waals surface area contributed by atoms with Crippen LogP contribution in [-0.4, -0.2) is 17.0 Å². The zero-order chi connectivity index (χ0) is 16.2. The van der Waals surface area contributed by atoms with E-state index in [1.165, 1.54) is 13.2 Å². The standard InChI is InChI=1S/C17H14N2O4/c1-22-14-9-13-7-8-16(18-17(13)15(10-14)19(20)21)23-11-12-5-3-2-4-6-12/h2-10H,11H2,1H3. The second-order valence-electron chi connectivity index (χ2n) is 4.90. The lowest BCUT2D eigenvalue weighted by Crippen LogP contribution is -1.99. The van der Waals surface area contributed by atoms with Gasteiger partial charge in [0.05, 0.1) is 18.1 Å². The third-order valence-electron chi connectivity index (χ3n) is 3.38. The number of hydrogen-bond donors (Lipinski definition) is 0. The molecule has 0 atom stereocenters. The zero-order valence-corrected chi connectivity index (χ0v) is 12.4. The molecule has 0 unspecified atom stereocenters. The molecule has 116 valence electrons. The van der Waals surface area contributed by atoms with Crippen molar-refractivity contribution in [3.63, 3.8) is 0 Å². The highest BCUT2D eigenvalue weighted by Crippen LogP contribution is 2.31. The molecule has 6 nitrogen and oxygen atoms in total. The Bertz CT molecular complexity index is 850. The van der Waals surface area contributed by atoms with Gasteiger partial charge < -0.3 is 9.47 Å². The van der Waals surface area contributed by atoms with Gasteiger partial charge in [-0.3, -0.25) is 10.1 Å². The van der Waals surface area contributed by atoms with Crippen LogP contribution in [0.3, 0.4) is 0 Å². The van der Waals surface area contributed by atoms with Crippen LogP contribution in [0.1, 0.15) is 5.56 Å². The molecule has 0 bridgehead atoms. The van der Waals surface area contributed by atoms with E-state index in [1.807, 2.05) is 30.3 Å². The highest BCUT2D eigenvalue weighted by atomic mass is 16.6. The molecular formula is C17H14N2O4. The first kappa shape index (κ1) is 14.8. The van der Waals surface area contributed by atoms with E-state index in [9.17, 15) is 10.1 Å². The van der Waals surface area contributed by atoms with Gasteiger partial charge in [0.1, 0.15) is 12.4 Å².